The van der Waals surface area contributed by atoms with Gasteiger partial charge in [0.1, 0.15) is 0 Å². The topological polar surface area (TPSA) is 0 Å². The van der Waals surface area contributed by atoms with Crippen molar-refractivity contribution in [2.45, 2.75) is 180 Å². The van der Waals surface area contributed by atoms with Crippen LogP contribution in [0.25, 0.3) is 0 Å². The van der Waals surface area contributed by atoms with Crippen LogP contribution >= 0.6 is 0 Å². The van der Waals surface area contributed by atoms with Gasteiger partial charge >= 0.3 is 251 Å². The fraction of sp³-hybridized carbons (Fsp3) is 0.833. The fourth-order valence-electron chi connectivity index (χ4n) is 7.71. The molecule has 0 saturated heterocycles. The van der Waals surface area contributed by atoms with Crippen LogP contribution in [0.3, 0.4) is 0 Å². The van der Waals surface area contributed by atoms with Gasteiger partial charge in [-0.3, -0.25) is 0 Å². The zero-order valence-corrected chi connectivity index (χ0v) is 32.8. The summed E-state index contributed by atoms with van der Waals surface area (Å²) >= 11 is -4.52. The number of benzene rings is 1. The molecule has 0 radical (unpaired) electrons. The van der Waals surface area contributed by atoms with Crippen LogP contribution in [0, 0.1) is 0 Å². The first kappa shape index (κ1) is 35.0. The summed E-state index contributed by atoms with van der Waals surface area (Å²) in [5.74, 6) is 0. The SMILES string of the molecule is CCC[CH2][Sn]([CH2]CCC)([CH2]CCC)[CH2]c1ccc2c(c1[CH2][Sn]([CH2]CCC)([CH2]CCC)[CH2]CCC)CCCC2. The Labute approximate surface area is 249 Å². The molecule has 0 fully saturated rings. The summed E-state index contributed by atoms with van der Waals surface area (Å²) in [5, 5.41) is 0. The third kappa shape index (κ3) is 11.2. The second kappa shape index (κ2) is 19.9. The van der Waals surface area contributed by atoms with Gasteiger partial charge in [-0.15, -0.1) is 0 Å². The Morgan fingerprint density at radius 1 is 0.500 bits per heavy atom. The molecule has 0 nitrogen and oxygen atoms in total. The molecule has 0 N–H and O–H groups in total. The van der Waals surface area contributed by atoms with E-state index in [1.807, 2.05) is 16.7 Å². The molecule has 38 heavy (non-hydrogen) atoms. The van der Waals surface area contributed by atoms with Crippen molar-refractivity contribution in [2.24, 2.45) is 0 Å². The number of hydrogen-bond donors (Lipinski definition) is 0. The molecule has 0 bridgehead atoms. The Hall–Kier alpha value is 0.817. The van der Waals surface area contributed by atoms with Crippen molar-refractivity contribution in [3.63, 3.8) is 0 Å². The van der Waals surface area contributed by atoms with Crippen molar-refractivity contribution in [1.29, 1.82) is 0 Å². The Kier molecular flexibility index (Phi) is 18.3. The molecule has 0 amide bonds. The van der Waals surface area contributed by atoms with Gasteiger partial charge in [-0.1, -0.05) is 0 Å². The van der Waals surface area contributed by atoms with Crippen LogP contribution in [-0.4, -0.2) is 36.8 Å². The van der Waals surface area contributed by atoms with Crippen LogP contribution in [0.2, 0.25) is 26.6 Å². The van der Waals surface area contributed by atoms with Gasteiger partial charge in [0.15, 0.2) is 0 Å². The normalized spacial score (nSPS) is 14.2. The van der Waals surface area contributed by atoms with Crippen LogP contribution in [0.5, 0.6) is 0 Å². The molecule has 0 heterocycles. The van der Waals surface area contributed by atoms with Gasteiger partial charge in [0.05, 0.1) is 0 Å². The molecule has 220 valence electrons. The first-order chi connectivity index (χ1) is 18.5. The summed E-state index contributed by atoms with van der Waals surface area (Å²) in [5.41, 5.74) is 7.61. The molecule has 1 aromatic carbocycles. The Morgan fingerprint density at radius 2 is 0.895 bits per heavy atom. The summed E-state index contributed by atoms with van der Waals surface area (Å²) in [4.78, 5) is 0. The summed E-state index contributed by atoms with van der Waals surface area (Å²) in [7, 11) is 0. The van der Waals surface area contributed by atoms with Crippen LogP contribution < -0.4 is 0 Å². The Bertz CT molecular complexity index is 708. The van der Waals surface area contributed by atoms with Crippen molar-refractivity contribution >= 4 is 36.8 Å². The van der Waals surface area contributed by atoms with Crippen LogP contribution in [0.15, 0.2) is 12.1 Å². The van der Waals surface area contributed by atoms with E-state index in [2.05, 4.69) is 53.7 Å². The predicted octanol–water partition coefficient (Wildman–Crippen LogP) is 12.4. The molecule has 1 aromatic rings. The van der Waals surface area contributed by atoms with Gasteiger partial charge in [0.2, 0.25) is 0 Å². The number of aryl methyl sites for hydroxylation is 1. The molecule has 2 rings (SSSR count). The first-order valence-electron chi connectivity index (χ1n) is 17.6. The number of fused-ring (bicyclic) bond motifs is 1. The minimum atomic E-state index is -2.27. The van der Waals surface area contributed by atoms with E-state index in [1.165, 1.54) is 103 Å². The maximum atomic E-state index is 2.74. The second-order valence-electron chi connectivity index (χ2n) is 13.5. The van der Waals surface area contributed by atoms with E-state index in [0.717, 1.165) is 0 Å². The summed E-state index contributed by atoms with van der Waals surface area (Å²) in [6.07, 6.45) is 23.1. The van der Waals surface area contributed by atoms with Crippen molar-refractivity contribution in [3.05, 3.63) is 34.4 Å². The van der Waals surface area contributed by atoms with Crippen molar-refractivity contribution < 1.29 is 0 Å². The second-order valence-corrected chi connectivity index (χ2v) is 41.2. The summed E-state index contributed by atoms with van der Waals surface area (Å²) in [6.45, 7) is 14.7. The Balaban J connectivity index is 2.59. The van der Waals surface area contributed by atoms with E-state index in [9.17, 15) is 0 Å². The predicted molar refractivity (Wildman–Crippen MR) is 180 cm³/mol. The van der Waals surface area contributed by atoms with Gasteiger partial charge in [0.25, 0.3) is 0 Å². The molecule has 0 atom stereocenters. The standard InChI is InChI=1S/C12H14.6C4H9.2Sn/c1-9-7-8-11-5-3-4-6-12(11)10(9)2;6*1-3-4-2;;/h7-8H,1-6H2;6*1,3-4H2,2H3;;. The number of rotatable bonds is 22. The zero-order valence-electron chi connectivity index (χ0n) is 27.1. The van der Waals surface area contributed by atoms with Gasteiger partial charge in [-0.25, -0.2) is 0 Å². The zero-order chi connectivity index (χ0) is 27.7. The van der Waals surface area contributed by atoms with Crippen LogP contribution in [0.1, 0.15) is 154 Å². The van der Waals surface area contributed by atoms with Crippen LogP contribution in [0.4, 0.5) is 0 Å². The molecule has 0 aromatic heterocycles. The number of unbranched alkanes of at least 4 members (excludes halogenated alkanes) is 6. The summed E-state index contributed by atoms with van der Waals surface area (Å²) in [6, 6.07) is 5.38. The maximum absolute atomic E-state index is 2.74. The van der Waals surface area contributed by atoms with E-state index in [-0.39, 0.29) is 0 Å². The molecule has 2 heteroatoms. The van der Waals surface area contributed by atoms with Crippen molar-refractivity contribution in [1.82, 2.24) is 0 Å². The average Bonchev–Trinajstić information content (AvgIpc) is 2.95. The van der Waals surface area contributed by atoms with Gasteiger partial charge in [-0.05, 0) is 0 Å². The molecular formula is C36H68Sn2. The molecule has 0 saturated carbocycles. The fourth-order valence-corrected chi connectivity index (χ4v) is 40.6. The van der Waals surface area contributed by atoms with Crippen LogP contribution in [-0.2, 0) is 21.7 Å². The Morgan fingerprint density at radius 3 is 1.32 bits per heavy atom. The molecule has 0 spiro atoms. The number of hydrogen-bond acceptors (Lipinski definition) is 0. The molecule has 1 aliphatic rings. The van der Waals surface area contributed by atoms with Gasteiger partial charge < -0.3 is 0 Å². The molecule has 0 aliphatic heterocycles. The van der Waals surface area contributed by atoms with E-state index in [1.54, 1.807) is 41.1 Å². The van der Waals surface area contributed by atoms with Gasteiger partial charge in [-0.2, -0.15) is 0 Å². The first-order valence-corrected chi connectivity index (χ1v) is 33.8. The molecule has 1 aliphatic carbocycles. The minimum absolute atomic E-state index is 1.36. The third-order valence-corrected chi connectivity index (χ3v) is 40.8. The quantitative estimate of drug-likeness (QED) is 0.104. The molecule has 0 unspecified atom stereocenters. The average molecular weight is 738 g/mol. The van der Waals surface area contributed by atoms with E-state index >= 15 is 0 Å². The van der Waals surface area contributed by atoms with E-state index < -0.39 is 36.8 Å². The van der Waals surface area contributed by atoms with Crippen molar-refractivity contribution in [3.8, 4) is 0 Å². The summed E-state index contributed by atoms with van der Waals surface area (Å²) < 4.78 is 13.2. The molecular weight excluding hydrogens is 670 g/mol. The van der Waals surface area contributed by atoms with Crippen molar-refractivity contribution in [2.75, 3.05) is 0 Å². The van der Waals surface area contributed by atoms with E-state index in [0.29, 0.717) is 0 Å². The monoisotopic (exact) mass is 740 g/mol. The van der Waals surface area contributed by atoms with Gasteiger partial charge in [0, 0.05) is 0 Å². The third-order valence-electron chi connectivity index (χ3n) is 10.2. The van der Waals surface area contributed by atoms with E-state index in [4.69, 9.17) is 0 Å².